The van der Waals surface area contributed by atoms with Crippen molar-refractivity contribution in [2.24, 2.45) is 0 Å². The van der Waals surface area contributed by atoms with Crippen LogP contribution >= 0.6 is 11.6 Å². The number of halogens is 1. The molecule has 1 saturated heterocycles. The van der Waals surface area contributed by atoms with Gasteiger partial charge in [-0.2, -0.15) is 0 Å². The summed E-state index contributed by atoms with van der Waals surface area (Å²) in [4.78, 5) is 42.7. The molecule has 2 aliphatic heterocycles. The molecule has 7 nitrogen and oxygen atoms in total. The Kier molecular flexibility index (Phi) is 6.41. The van der Waals surface area contributed by atoms with Crippen molar-refractivity contribution in [1.29, 1.82) is 0 Å². The molecular weight excluding hydrogens is 480 g/mol. The number of imide groups is 1. The van der Waals surface area contributed by atoms with Crippen LogP contribution in [0.4, 0.5) is 5.69 Å². The molecule has 0 bridgehead atoms. The lowest BCUT2D eigenvalue weighted by Gasteiger charge is -2.49. The second-order valence-electron chi connectivity index (χ2n) is 8.71. The van der Waals surface area contributed by atoms with Gasteiger partial charge in [-0.05, 0) is 54.4 Å². The van der Waals surface area contributed by atoms with Crippen molar-refractivity contribution >= 4 is 35.0 Å². The molecule has 0 unspecified atom stereocenters. The van der Waals surface area contributed by atoms with E-state index in [2.05, 4.69) is 6.92 Å². The Bertz CT molecular complexity index is 1310. The van der Waals surface area contributed by atoms with E-state index in [0.29, 0.717) is 39.9 Å². The maximum absolute atomic E-state index is 13.6. The van der Waals surface area contributed by atoms with Crippen LogP contribution in [0.25, 0.3) is 0 Å². The molecule has 2 aliphatic rings. The fourth-order valence-electron chi connectivity index (χ4n) is 4.71. The van der Waals surface area contributed by atoms with Crippen molar-refractivity contribution in [1.82, 2.24) is 4.90 Å². The third-order valence-corrected chi connectivity index (χ3v) is 6.87. The van der Waals surface area contributed by atoms with E-state index in [9.17, 15) is 14.4 Å². The average Bonchev–Trinajstić information content (AvgIpc) is 3.13. The molecular formula is C28H25ClN2O5. The summed E-state index contributed by atoms with van der Waals surface area (Å²) in [5, 5.41) is 0.352. The Balaban J connectivity index is 1.52. The van der Waals surface area contributed by atoms with Crippen molar-refractivity contribution < 1.29 is 23.9 Å². The molecule has 3 amide bonds. The minimum atomic E-state index is -0.981. The average molecular weight is 505 g/mol. The molecule has 3 aromatic carbocycles. The summed E-state index contributed by atoms with van der Waals surface area (Å²) in [6.07, 6.45) is 1.98. The molecule has 0 aromatic heterocycles. The number of unbranched alkanes of at least 4 members (excludes halogenated alkanes) is 1. The van der Waals surface area contributed by atoms with Crippen LogP contribution in [-0.2, 0) is 4.79 Å². The highest BCUT2D eigenvalue weighted by Gasteiger charge is 2.57. The van der Waals surface area contributed by atoms with Gasteiger partial charge < -0.3 is 14.4 Å². The number of fused-ring (bicyclic) bond motifs is 1. The Morgan fingerprint density at radius 1 is 0.861 bits per heavy atom. The minimum Gasteiger partial charge on any atom is -0.495 e. The molecule has 0 spiro atoms. The first-order chi connectivity index (χ1) is 17.5. The minimum absolute atomic E-state index is 0.305. The van der Waals surface area contributed by atoms with Crippen molar-refractivity contribution in [2.75, 3.05) is 18.6 Å². The van der Waals surface area contributed by atoms with Gasteiger partial charge in [0.25, 0.3) is 17.7 Å². The van der Waals surface area contributed by atoms with Gasteiger partial charge in [-0.1, -0.05) is 49.2 Å². The SMILES string of the molecule is CCCCOc1ccc([C@@H]2[C@@H](N3C(=O)c4ccccc4C3=O)C(=O)N2c2ccc(OC)c(Cl)c2)cc1. The van der Waals surface area contributed by atoms with Gasteiger partial charge in [-0.3, -0.25) is 19.3 Å². The summed E-state index contributed by atoms with van der Waals surface area (Å²) < 4.78 is 11.0. The van der Waals surface area contributed by atoms with E-state index >= 15 is 0 Å². The molecule has 0 N–H and O–H groups in total. The molecule has 0 aliphatic carbocycles. The fraction of sp³-hybridized carbons (Fsp3) is 0.250. The molecule has 36 heavy (non-hydrogen) atoms. The maximum Gasteiger partial charge on any atom is 0.262 e. The zero-order valence-electron chi connectivity index (χ0n) is 19.9. The van der Waals surface area contributed by atoms with Crippen LogP contribution < -0.4 is 14.4 Å². The zero-order valence-corrected chi connectivity index (χ0v) is 20.7. The van der Waals surface area contributed by atoms with Gasteiger partial charge in [0.2, 0.25) is 0 Å². The molecule has 2 atom stereocenters. The fourth-order valence-corrected chi connectivity index (χ4v) is 4.96. The molecule has 184 valence electrons. The van der Waals surface area contributed by atoms with Gasteiger partial charge in [-0.25, -0.2) is 0 Å². The quantitative estimate of drug-likeness (QED) is 0.237. The number of β-lactam (4-membered cyclic amide) rings is 1. The van der Waals surface area contributed by atoms with E-state index in [1.807, 2.05) is 24.3 Å². The number of hydrogen-bond acceptors (Lipinski definition) is 5. The number of hydrogen-bond donors (Lipinski definition) is 0. The number of ether oxygens (including phenoxy) is 2. The number of nitrogens with zero attached hydrogens (tertiary/aromatic N) is 2. The summed E-state index contributed by atoms with van der Waals surface area (Å²) in [5.41, 5.74) is 1.93. The Labute approximate surface area is 214 Å². The molecule has 8 heteroatoms. The van der Waals surface area contributed by atoms with E-state index in [4.69, 9.17) is 21.1 Å². The number of carbonyl (C=O) groups is 3. The summed E-state index contributed by atoms with van der Waals surface area (Å²) >= 11 is 6.35. The van der Waals surface area contributed by atoms with Gasteiger partial charge in [0.1, 0.15) is 17.5 Å². The van der Waals surface area contributed by atoms with E-state index < -0.39 is 23.9 Å². The summed E-state index contributed by atoms with van der Waals surface area (Å²) in [6.45, 7) is 2.71. The Morgan fingerprint density at radius 2 is 1.53 bits per heavy atom. The van der Waals surface area contributed by atoms with Crippen LogP contribution in [0.15, 0.2) is 66.7 Å². The van der Waals surface area contributed by atoms with Gasteiger partial charge in [0.15, 0.2) is 0 Å². The molecule has 5 rings (SSSR count). The van der Waals surface area contributed by atoms with Crippen LogP contribution in [0, 0.1) is 0 Å². The number of amides is 3. The van der Waals surface area contributed by atoms with Crippen LogP contribution in [0.5, 0.6) is 11.5 Å². The maximum atomic E-state index is 13.6. The van der Waals surface area contributed by atoms with E-state index in [1.165, 1.54) is 7.11 Å². The van der Waals surface area contributed by atoms with Crippen LogP contribution in [0.3, 0.4) is 0 Å². The van der Waals surface area contributed by atoms with Crippen molar-refractivity contribution in [3.05, 3.63) is 88.4 Å². The van der Waals surface area contributed by atoms with Gasteiger partial charge >= 0.3 is 0 Å². The standard InChI is InChI=1S/C28H25ClN2O5/c1-3-4-15-36-19-12-9-17(10-13-19)24-25(31-26(32)20-7-5-6-8-21(20)27(31)33)28(34)30(24)18-11-14-23(35-2)22(29)16-18/h5-14,16,24-25H,3-4,15H2,1-2H3/t24-,25-/m1/s1. The largest absolute Gasteiger partial charge is 0.495 e. The first kappa shape index (κ1) is 23.9. The van der Waals surface area contributed by atoms with Crippen LogP contribution in [0.2, 0.25) is 5.02 Å². The number of benzene rings is 3. The zero-order chi connectivity index (χ0) is 25.4. The predicted octanol–water partition coefficient (Wildman–Crippen LogP) is 5.28. The first-order valence-electron chi connectivity index (χ1n) is 11.8. The van der Waals surface area contributed by atoms with E-state index in [0.717, 1.165) is 23.3 Å². The molecule has 0 radical (unpaired) electrons. The normalized spacial score (nSPS) is 18.8. The number of anilines is 1. The first-order valence-corrected chi connectivity index (χ1v) is 12.2. The summed E-state index contributed by atoms with van der Waals surface area (Å²) in [6, 6.07) is 17.5. The molecule has 2 heterocycles. The van der Waals surface area contributed by atoms with Gasteiger partial charge in [-0.15, -0.1) is 0 Å². The topological polar surface area (TPSA) is 76.2 Å². The highest BCUT2D eigenvalue weighted by molar-refractivity contribution is 6.32. The molecule has 3 aromatic rings. The monoisotopic (exact) mass is 504 g/mol. The number of methoxy groups -OCH3 is 1. The summed E-state index contributed by atoms with van der Waals surface area (Å²) in [7, 11) is 1.51. The smallest absolute Gasteiger partial charge is 0.262 e. The second-order valence-corrected chi connectivity index (χ2v) is 9.12. The number of carbonyl (C=O) groups excluding carboxylic acids is 3. The van der Waals surface area contributed by atoms with Crippen molar-refractivity contribution in [2.45, 2.75) is 31.8 Å². The van der Waals surface area contributed by atoms with Crippen molar-refractivity contribution in [3.8, 4) is 11.5 Å². The second kappa shape index (κ2) is 9.66. The summed E-state index contributed by atoms with van der Waals surface area (Å²) in [5.74, 6) is -0.0969. The third kappa shape index (κ3) is 3.89. The molecule has 0 saturated carbocycles. The van der Waals surface area contributed by atoms with Gasteiger partial charge in [0.05, 0.1) is 35.9 Å². The lowest BCUT2D eigenvalue weighted by Crippen LogP contribution is -2.67. The lowest BCUT2D eigenvalue weighted by molar-refractivity contribution is -0.130. The van der Waals surface area contributed by atoms with Crippen LogP contribution in [0.1, 0.15) is 52.1 Å². The Hall–Kier alpha value is -3.84. The lowest BCUT2D eigenvalue weighted by atomic mass is 9.86. The van der Waals surface area contributed by atoms with E-state index in [1.54, 1.807) is 47.4 Å². The third-order valence-electron chi connectivity index (χ3n) is 6.57. The van der Waals surface area contributed by atoms with Gasteiger partial charge in [0, 0.05) is 5.69 Å². The highest BCUT2D eigenvalue weighted by Crippen LogP contribution is 2.45. The molecule has 1 fully saturated rings. The Morgan fingerprint density at radius 3 is 2.11 bits per heavy atom. The highest BCUT2D eigenvalue weighted by atomic mass is 35.5. The predicted molar refractivity (Wildman–Crippen MR) is 136 cm³/mol. The van der Waals surface area contributed by atoms with Crippen molar-refractivity contribution in [3.63, 3.8) is 0 Å². The van der Waals surface area contributed by atoms with E-state index in [-0.39, 0.29) is 5.91 Å². The van der Waals surface area contributed by atoms with Crippen LogP contribution in [-0.4, -0.2) is 42.4 Å². The number of rotatable bonds is 8.